The molecule has 0 amide bonds. The first-order valence-electron chi connectivity index (χ1n) is 7.09. The van der Waals surface area contributed by atoms with Crippen molar-refractivity contribution in [2.75, 3.05) is 7.11 Å². The standard InChI is InChI=1S/C18H19NO2/c1-18(2,17(20)21-3)19-16-14-10-6-4-8-12(14)13-9-5-7-11-15(13)16/h4-11,16,19H,1-3H3. The Hall–Kier alpha value is -2.13. The van der Waals surface area contributed by atoms with Crippen LogP contribution in [0.2, 0.25) is 0 Å². The lowest BCUT2D eigenvalue weighted by molar-refractivity contribution is -0.147. The predicted octanol–water partition coefficient (Wildman–Crippen LogP) is 3.30. The average Bonchev–Trinajstić information content (AvgIpc) is 2.81. The summed E-state index contributed by atoms with van der Waals surface area (Å²) in [6, 6.07) is 16.6. The molecule has 0 aliphatic heterocycles. The Kier molecular flexibility index (Phi) is 3.30. The maximum Gasteiger partial charge on any atom is 0.325 e. The van der Waals surface area contributed by atoms with Gasteiger partial charge in [0.05, 0.1) is 13.2 Å². The Bertz CT molecular complexity index is 646. The number of nitrogens with one attached hydrogen (secondary N) is 1. The fourth-order valence-corrected chi connectivity index (χ4v) is 2.99. The van der Waals surface area contributed by atoms with E-state index in [-0.39, 0.29) is 12.0 Å². The average molecular weight is 281 g/mol. The molecule has 0 heterocycles. The Morgan fingerprint density at radius 3 is 1.95 bits per heavy atom. The van der Waals surface area contributed by atoms with E-state index < -0.39 is 5.54 Å². The molecule has 1 aliphatic carbocycles. The van der Waals surface area contributed by atoms with E-state index in [0.29, 0.717) is 0 Å². The molecule has 2 aromatic carbocycles. The zero-order valence-electron chi connectivity index (χ0n) is 12.5. The number of ether oxygens (including phenoxy) is 1. The second-order valence-corrected chi connectivity index (χ2v) is 5.87. The smallest absolute Gasteiger partial charge is 0.325 e. The second-order valence-electron chi connectivity index (χ2n) is 5.87. The Labute approximate surface area is 124 Å². The molecule has 0 saturated heterocycles. The van der Waals surface area contributed by atoms with Crippen LogP contribution in [0.15, 0.2) is 48.5 Å². The first-order valence-corrected chi connectivity index (χ1v) is 7.09. The van der Waals surface area contributed by atoms with Gasteiger partial charge in [-0.1, -0.05) is 48.5 Å². The van der Waals surface area contributed by atoms with E-state index in [1.54, 1.807) is 0 Å². The number of fused-ring (bicyclic) bond motifs is 3. The van der Waals surface area contributed by atoms with Gasteiger partial charge in [-0.15, -0.1) is 0 Å². The van der Waals surface area contributed by atoms with Gasteiger partial charge >= 0.3 is 5.97 Å². The number of carbonyl (C=O) groups excluding carboxylic acids is 1. The summed E-state index contributed by atoms with van der Waals surface area (Å²) < 4.78 is 4.90. The molecule has 0 atom stereocenters. The molecule has 0 fully saturated rings. The van der Waals surface area contributed by atoms with Crippen molar-refractivity contribution >= 4 is 5.97 Å². The summed E-state index contributed by atoms with van der Waals surface area (Å²) in [5.41, 5.74) is 4.12. The third-order valence-electron chi connectivity index (χ3n) is 4.03. The molecule has 2 aromatic rings. The molecule has 0 spiro atoms. The van der Waals surface area contributed by atoms with Crippen LogP contribution in [0.4, 0.5) is 0 Å². The van der Waals surface area contributed by atoms with Crippen LogP contribution in [0.3, 0.4) is 0 Å². The van der Waals surface area contributed by atoms with Crippen LogP contribution in [0.1, 0.15) is 31.0 Å². The van der Waals surface area contributed by atoms with Crippen LogP contribution >= 0.6 is 0 Å². The lowest BCUT2D eigenvalue weighted by Gasteiger charge is -2.28. The van der Waals surface area contributed by atoms with Crippen molar-refractivity contribution in [3.8, 4) is 11.1 Å². The van der Waals surface area contributed by atoms with Gasteiger partial charge < -0.3 is 4.74 Å². The maximum atomic E-state index is 12.0. The van der Waals surface area contributed by atoms with Gasteiger partial charge in [0, 0.05) is 0 Å². The highest BCUT2D eigenvalue weighted by Crippen LogP contribution is 2.43. The molecule has 1 N–H and O–H groups in total. The minimum Gasteiger partial charge on any atom is -0.468 e. The van der Waals surface area contributed by atoms with Gasteiger partial charge in [-0.2, -0.15) is 0 Å². The van der Waals surface area contributed by atoms with Crippen molar-refractivity contribution in [1.29, 1.82) is 0 Å². The summed E-state index contributed by atoms with van der Waals surface area (Å²) in [5, 5.41) is 3.44. The van der Waals surface area contributed by atoms with Gasteiger partial charge in [0.15, 0.2) is 0 Å². The number of benzene rings is 2. The van der Waals surface area contributed by atoms with Crippen LogP contribution < -0.4 is 5.32 Å². The molecule has 108 valence electrons. The minimum atomic E-state index is -0.746. The summed E-state index contributed by atoms with van der Waals surface area (Å²) in [5.74, 6) is -0.260. The fraction of sp³-hybridized carbons (Fsp3) is 0.278. The van der Waals surface area contributed by atoms with E-state index >= 15 is 0 Å². The van der Waals surface area contributed by atoms with Crippen molar-refractivity contribution in [1.82, 2.24) is 5.32 Å². The van der Waals surface area contributed by atoms with Crippen molar-refractivity contribution < 1.29 is 9.53 Å². The maximum absolute atomic E-state index is 12.0. The Morgan fingerprint density at radius 1 is 1.00 bits per heavy atom. The van der Waals surface area contributed by atoms with Crippen LogP contribution in [0, 0.1) is 0 Å². The number of rotatable bonds is 3. The van der Waals surface area contributed by atoms with Crippen molar-refractivity contribution in [3.05, 3.63) is 59.7 Å². The third kappa shape index (κ3) is 2.24. The van der Waals surface area contributed by atoms with Crippen LogP contribution in [-0.2, 0) is 9.53 Å². The van der Waals surface area contributed by atoms with Gasteiger partial charge in [0.2, 0.25) is 0 Å². The minimum absolute atomic E-state index is 0.00602. The normalized spacial score (nSPS) is 13.7. The van der Waals surface area contributed by atoms with Crippen molar-refractivity contribution in [2.45, 2.75) is 25.4 Å². The van der Waals surface area contributed by atoms with E-state index in [2.05, 4.69) is 29.6 Å². The summed E-state index contributed by atoms with van der Waals surface area (Å²) in [6.07, 6.45) is 0. The molecule has 0 unspecified atom stereocenters. The molecule has 0 saturated carbocycles. The molecule has 0 aromatic heterocycles. The third-order valence-corrected chi connectivity index (χ3v) is 4.03. The number of esters is 1. The largest absolute Gasteiger partial charge is 0.468 e. The highest BCUT2D eigenvalue weighted by molar-refractivity contribution is 5.82. The molecule has 3 rings (SSSR count). The number of carbonyl (C=O) groups is 1. The summed E-state index contributed by atoms with van der Waals surface area (Å²) in [4.78, 5) is 12.0. The molecule has 0 radical (unpaired) electrons. The predicted molar refractivity (Wildman–Crippen MR) is 83.0 cm³/mol. The fourth-order valence-electron chi connectivity index (χ4n) is 2.99. The quantitative estimate of drug-likeness (QED) is 0.877. The SMILES string of the molecule is COC(=O)C(C)(C)NC1c2ccccc2-c2ccccc21. The van der Waals surface area contributed by atoms with Gasteiger partial charge in [0.25, 0.3) is 0 Å². The van der Waals surface area contributed by atoms with Gasteiger partial charge in [-0.05, 0) is 36.1 Å². The molecule has 1 aliphatic rings. The lowest BCUT2D eigenvalue weighted by atomic mass is 9.99. The van der Waals surface area contributed by atoms with E-state index in [0.717, 1.165) is 0 Å². The van der Waals surface area contributed by atoms with Crippen LogP contribution in [0.25, 0.3) is 11.1 Å². The van der Waals surface area contributed by atoms with E-state index in [9.17, 15) is 4.79 Å². The highest BCUT2D eigenvalue weighted by atomic mass is 16.5. The van der Waals surface area contributed by atoms with Gasteiger partial charge in [-0.3, -0.25) is 10.1 Å². The molecule has 3 nitrogen and oxygen atoms in total. The van der Waals surface area contributed by atoms with Crippen molar-refractivity contribution in [2.24, 2.45) is 0 Å². The number of methoxy groups -OCH3 is 1. The van der Waals surface area contributed by atoms with E-state index in [4.69, 9.17) is 4.74 Å². The molecular weight excluding hydrogens is 262 g/mol. The van der Waals surface area contributed by atoms with Crippen LogP contribution in [0.5, 0.6) is 0 Å². The highest BCUT2D eigenvalue weighted by Gasteiger charge is 2.36. The Balaban J connectivity index is 2.05. The monoisotopic (exact) mass is 281 g/mol. The summed E-state index contributed by atoms with van der Waals surface area (Å²) in [6.45, 7) is 3.70. The zero-order valence-corrected chi connectivity index (χ0v) is 12.5. The molecule has 3 heteroatoms. The van der Waals surface area contributed by atoms with Crippen molar-refractivity contribution in [3.63, 3.8) is 0 Å². The first kappa shape index (κ1) is 13.8. The topological polar surface area (TPSA) is 38.3 Å². The number of hydrogen-bond acceptors (Lipinski definition) is 3. The van der Waals surface area contributed by atoms with Gasteiger partial charge in [-0.25, -0.2) is 0 Å². The Morgan fingerprint density at radius 2 is 1.48 bits per heavy atom. The first-order chi connectivity index (χ1) is 10.0. The molecule has 0 bridgehead atoms. The van der Waals surface area contributed by atoms with Crippen LogP contribution in [-0.4, -0.2) is 18.6 Å². The molecular formula is C18H19NO2. The summed E-state index contributed by atoms with van der Waals surface area (Å²) >= 11 is 0. The van der Waals surface area contributed by atoms with Gasteiger partial charge in [0.1, 0.15) is 5.54 Å². The van der Waals surface area contributed by atoms with E-state index in [1.165, 1.54) is 29.4 Å². The second kappa shape index (κ2) is 5.01. The summed E-state index contributed by atoms with van der Waals surface area (Å²) in [7, 11) is 1.42. The zero-order chi connectivity index (χ0) is 15.0. The number of hydrogen-bond donors (Lipinski definition) is 1. The lowest BCUT2D eigenvalue weighted by Crippen LogP contribution is -2.48. The molecule has 21 heavy (non-hydrogen) atoms. The van der Waals surface area contributed by atoms with E-state index in [1.807, 2.05) is 38.1 Å².